The highest BCUT2D eigenvalue weighted by Gasteiger charge is 2.43. The summed E-state index contributed by atoms with van der Waals surface area (Å²) in [6.07, 6.45) is 4.50. The van der Waals surface area contributed by atoms with E-state index in [9.17, 15) is 0 Å². The Hall–Kier alpha value is -1.80. The standard InChI is InChI=1S/C30H43NS/c1-20(2)23-16-24(21(3)4)18-25(17-23)28-27-13-12-26(19-22(27)14-15-31-28)32(11,29(5,6)7)30(8,9)10/h12-21H,1-11H3. The van der Waals surface area contributed by atoms with Gasteiger partial charge in [-0.1, -0.05) is 81.4 Å². The maximum absolute atomic E-state index is 4.87. The third-order valence-corrected chi connectivity index (χ3v) is 13.3. The molecule has 0 saturated heterocycles. The van der Waals surface area contributed by atoms with Crippen LogP contribution in [0.1, 0.15) is 92.2 Å². The van der Waals surface area contributed by atoms with Crippen LogP contribution in [0.3, 0.4) is 0 Å². The van der Waals surface area contributed by atoms with Crippen molar-refractivity contribution in [2.45, 2.75) is 95.5 Å². The van der Waals surface area contributed by atoms with Crippen molar-refractivity contribution in [3.8, 4) is 11.3 Å². The average Bonchev–Trinajstić information content (AvgIpc) is 2.70. The summed E-state index contributed by atoms with van der Waals surface area (Å²) in [7, 11) is -1.08. The zero-order valence-electron chi connectivity index (χ0n) is 22.1. The summed E-state index contributed by atoms with van der Waals surface area (Å²) in [4.78, 5) is 6.36. The van der Waals surface area contributed by atoms with E-state index >= 15 is 0 Å². The van der Waals surface area contributed by atoms with Crippen molar-refractivity contribution in [3.63, 3.8) is 0 Å². The predicted molar refractivity (Wildman–Crippen MR) is 147 cm³/mol. The van der Waals surface area contributed by atoms with Gasteiger partial charge in [0.05, 0.1) is 5.69 Å². The monoisotopic (exact) mass is 449 g/mol. The summed E-state index contributed by atoms with van der Waals surface area (Å²) < 4.78 is 0.430. The largest absolute Gasteiger partial charge is 0.256 e. The molecule has 0 aliphatic carbocycles. The SMILES string of the molecule is CC(C)c1cc(-c2nccc3cc(S(C)(C(C)(C)C)C(C)(C)C)ccc23)cc(C(C)C)c1. The van der Waals surface area contributed by atoms with E-state index in [0.29, 0.717) is 11.8 Å². The third kappa shape index (κ3) is 4.36. The highest BCUT2D eigenvalue weighted by atomic mass is 32.3. The number of pyridine rings is 1. The lowest BCUT2D eigenvalue weighted by Gasteiger charge is -2.57. The molecule has 1 nitrogen and oxygen atoms in total. The molecule has 0 bridgehead atoms. The minimum atomic E-state index is -1.08. The first-order valence-corrected chi connectivity index (χ1v) is 14.0. The molecule has 0 saturated carbocycles. The zero-order valence-corrected chi connectivity index (χ0v) is 22.9. The Kier molecular flexibility index (Phi) is 6.61. The van der Waals surface area contributed by atoms with Gasteiger partial charge in [-0.2, -0.15) is 0 Å². The van der Waals surface area contributed by atoms with Crippen molar-refractivity contribution in [3.05, 3.63) is 59.8 Å². The average molecular weight is 450 g/mol. The molecule has 0 atom stereocenters. The molecule has 174 valence electrons. The summed E-state index contributed by atoms with van der Waals surface area (Å²) in [6, 6.07) is 16.4. The molecule has 3 aromatic rings. The van der Waals surface area contributed by atoms with Gasteiger partial charge in [0.15, 0.2) is 0 Å². The third-order valence-electron chi connectivity index (χ3n) is 7.24. The van der Waals surface area contributed by atoms with E-state index in [0.717, 1.165) is 5.69 Å². The van der Waals surface area contributed by atoms with Gasteiger partial charge >= 0.3 is 0 Å². The van der Waals surface area contributed by atoms with Gasteiger partial charge in [-0.3, -0.25) is 4.98 Å². The molecule has 3 rings (SSSR count). The zero-order chi connectivity index (χ0) is 24.1. The Morgan fingerprint density at radius 1 is 0.719 bits per heavy atom. The number of benzene rings is 2. The van der Waals surface area contributed by atoms with Gasteiger partial charge in [-0.25, -0.2) is 10.0 Å². The number of rotatable bonds is 4. The van der Waals surface area contributed by atoms with Crippen LogP contribution in [-0.2, 0) is 0 Å². The van der Waals surface area contributed by atoms with Crippen LogP contribution in [0.15, 0.2) is 53.6 Å². The quantitative estimate of drug-likeness (QED) is 0.386. The van der Waals surface area contributed by atoms with Crippen LogP contribution in [0, 0.1) is 0 Å². The summed E-state index contributed by atoms with van der Waals surface area (Å²) in [5.41, 5.74) is 5.11. The fourth-order valence-electron chi connectivity index (χ4n) is 4.75. The van der Waals surface area contributed by atoms with Crippen LogP contribution in [0.2, 0.25) is 0 Å². The summed E-state index contributed by atoms with van der Waals surface area (Å²) >= 11 is 0. The molecule has 0 N–H and O–H groups in total. The van der Waals surface area contributed by atoms with Gasteiger partial charge < -0.3 is 0 Å². The molecule has 2 heteroatoms. The molecule has 1 aromatic heterocycles. The van der Waals surface area contributed by atoms with E-state index in [1.54, 1.807) is 0 Å². The Balaban J connectivity index is 2.25. The second-order valence-corrected chi connectivity index (χ2v) is 16.6. The molecule has 0 aliphatic heterocycles. The van der Waals surface area contributed by atoms with E-state index in [1.165, 1.54) is 32.4 Å². The highest BCUT2D eigenvalue weighted by molar-refractivity contribution is 8.35. The molecular weight excluding hydrogens is 406 g/mol. The summed E-state index contributed by atoms with van der Waals surface area (Å²) in [5.74, 6) is 0.994. The number of nitrogens with zero attached hydrogens (tertiary/aromatic N) is 1. The topological polar surface area (TPSA) is 12.9 Å². The van der Waals surface area contributed by atoms with Crippen LogP contribution in [0.25, 0.3) is 22.0 Å². The minimum absolute atomic E-state index is 0.215. The fourth-order valence-corrected chi connectivity index (χ4v) is 8.70. The predicted octanol–water partition coefficient (Wildman–Crippen LogP) is 9.54. The van der Waals surface area contributed by atoms with Crippen molar-refractivity contribution >= 4 is 20.8 Å². The van der Waals surface area contributed by atoms with Crippen LogP contribution in [0.5, 0.6) is 0 Å². The van der Waals surface area contributed by atoms with Gasteiger partial charge in [0.2, 0.25) is 0 Å². The van der Waals surface area contributed by atoms with Gasteiger partial charge in [-0.05, 0) is 79.3 Å². The van der Waals surface area contributed by atoms with Crippen molar-refractivity contribution in [2.24, 2.45) is 0 Å². The second kappa shape index (κ2) is 8.52. The first kappa shape index (κ1) is 24.8. The number of fused-ring (bicyclic) bond motifs is 1. The second-order valence-electron chi connectivity index (χ2n) is 11.9. The van der Waals surface area contributed by atoms with Gasteiger partial charge in [0.25, 0.3) is 0 Å². The van der Waals surface area contributed by atoms with E-state index < -0.39 is 10.0 Å². The van der Waals surface area contributed by atoms with Crippen molar-refractivity contribution < 1.29 is 0 Å². The van der Waals surface area contributed by atoms with Crippen LogP contribution >= 0.6 is 10.0 Å². The molecule has 0 fully saturated rings. The summed E-state index contributed by atoms with van der Waals surface area (Å²) in [5, 5.41) is 2.54. The lowest BCUT2D eigenvalue weighted by Crippen LogP contribution is -2.37. The Labute approximate surface area is 198 Å². The fraction of sp³-hybridized carbons (Fsp3) is 0.500. The Bertz CT molecular complexity index is 1070. The summed E-state index contributed by atoms with van der Waals surface area (Å²) in [6.45, 7) is 23.5. The van der Waals surface area contributed by atoms with Gasteiger partial charge in [0, 0.05) is 17.1 Å². The van der Waals surface area contributed by atoms with Crippen LogP contribution < -0.4 is 0 Å². The molecule has 1 heterocycles. The number of aromatic nitrogens is 1. The molecule has 32 heavy (non-hydrogen) atoms. The Morgan fingerprint density at radius 2 is 1.25 bits per heavy atom. The maximum Gasteiger partial charge on any atom is 0.0780 e. The van der Waals surface area contributed by atoms with E-state index in [4.69, 9.17) is 4.98 Å². The molecular formula is C30H43NS. The van der Waals surface area contributed by atoms with Crippen LogP contribution in [0.4, 0.5) is 0 Å². The smallest absolute Gasteiger partial charge is 0.0780 e. The molecule has 0 spiro atoms. The minimum Gasteiger partial charge on any atom is -0.256 e. The van der Waals surface area contributed by atoms with Crippen molar-refractivity contribution in [1.82, 2.24) is 4.98 Å². The van der Waals surface area contributed by atoms with E-state index in [1.807, 2.05) is 6.20 Å². The van der Waals surface area contributed by atoms with E-state index in [-0.39, 0.29) is 9.49 Å². The molecule has 0 unspecified atom stereocenters. The first-order valence-electron chi connectivity index (χ1n) is 12.0. The highest BCUT2D eigenvalue weighted by Crippen LogP contribution is 2.70. The van der Waals surface area contributed by atoms with E-state index in [2.05, 4.69) is 118 Å². The molecule has 2 aromatic carbocycles. The van der Waals surface area contributed by atoms with Gasteiger partial charge in [-0.15, -0.1) is 0 Å². The normalized spacial score (nSPS) is 13.9. The van der Waals surface area contributed by atoms with Crippen molar-refractivity contribution in [2.75, 3.05) is 6.26 Å². The number of hydrogen-bond acceptors (Lipinski definition) is 1. The molecule has 0 amide bonds. The van der Waals surface area contributed by atoms with Crippen LogP contribution in [-0.4, -0.2) is 20.7 Å². The molecule has 0 radical (unpaired) electrons. The number of hydrogen-bond donors (Lipinski definition) is 0. The Morgan fingerprint density at radius 3 is 1.72 bits per heavy atom. The first-order chi connectivity index (χ1) is 14.7. The maximum atomic E-state index is 4.87. The molecule has 0 aliphatic rings. The lowest BCUT2D eigenvalue weighted by molar-refractivity contribution is 0.709. The van der Waals surface area contributed by atoms with Gasteiger partial charge in [0.1, 0.15) is 0 Å². The lowest BCUT2D eigenvalue weighted by atomic mass is 9.91. The van der Waals surface area contributed by atoms with Crippen molar-refractivity contribution in [1.29, 1.82) is 0 Å².